The van der Waals surface area contributed by atoms with Gasteiger partial charge in [-0.15, -0.1) is 0 Å². The maximum Gasteiger partial charge on any atom is 0.319 e. The number of aromatic nitrogens is 2. The molecule has 5 N–H and O–H groups in total. The Balaban J connectivity index is 1.47. The lowest BCUT2D eigenvalue weighted by Gasteiger charge is -2.37. The molecule has 1 aromatic carbocycles. The average molecular weight is 472 g/mol. The molecule has 0 bridgehead atoms. The van der Waals surface area contributed by atoms with Crippen LogP contribution < -0.4 is 26.6 Å². The summed E-state index contributed by atoms with van der Waals surface area (Å²) in [6.07, 6.45) is 7.87. The van der Waals surface area contributed by atoms with Crippen molar-refractivity contribution in [2.24, 2.45) is 11.5 Å². The van der Waals surface area contributed by atoms with Crippen molar-refractivity contribution in [1.82, 2.24) is 9.97 Å². The van der Waals surface area contributed by atoms with Crippen LogP contribution in [-0.4, -0.2) is 42.2 Å². The average Bonchev–Trinajstić information content (AvgIpc) is 2.79. The second-order valence-electron chi connectivity index (χ2n) is 9.20. The van der Waals surface area contributed by atoms with Crippen molar-refractivity contribution in [3.05, 3.63) is 40.0 Å². The number of urea groups is 1. The molecule has 1 saturated carbocycles. The molecule has 8 nitrogen and oxygen atoms in total. The highest BCUT2D eigenvalue weighted by molar-refractivity contribution is 6.31. The van der Waals surface area contributed by atoms with E-state index in [2.05, 4.69) is 10.2 Å². The van der Waals surface area contributed by atoms with E-state index in [0.29, 0.717) is 16.7 Å². The summed E-state index contributed by atoms with van der Waals surface area (Å²) in [4.78, 5) is 25.8. The molecule has 4 rings (SSSR count). The second kappa shape index (κ2) is 10.1. The molecule has 1 fully saturated rings. The number of primary amides is 1. The van der Waals surface area contributed by atoms with Crippen molar-refractivity contribution in [3.63, 3.8) is 0 Å². The maximum absolute atomic E-state index is 12.4. The molecule has 33 heavy (non-hydrogen) atoms. The Kier molecular flexibility index (Phi) is 7.24. The van der Waals surface area contributed by atoms with Gasteiger partial charge in [0.2, 0.25) is 5.95 Å². The summed E-state index contributed by atoms with van der Waals surface area (Å²) in [5.74, 6) is 1.72. The van der Waals surface area contributed by atoms with E-state index >= 15 is 0 Å². The summed E-state index contributed by atoms with van der Waals surface area (Å²) in [5.41, 5.74) is 15.6. The lowest BCUT2D eigenvalue weighted by Crippen LogP contribution is -2.47. The number of halogens is 1. The highest BCUT2D eigenvalue weighted by Gasteiger charge is 2.31. The number of fused-ring (bicyclic) bond motifs is 1. The van der Waals surface area contributed by atoms with Crippen LogP contribution in [0.15, 0.2) is 18.2 Å². The van der Waals surface area contributed by atoms with E-state index in [1.54, 1.807) is 11.0 Å². The Bertz CT molecular complexity index is 1000. The fourth-order valence-electron chi connectivity index (χ4n) is 5.14. The van der Waals surface area contributed by atoms with E-state index < -0.39 is 6.03 Å². The largest absolute Gasteiger partial charge is 0.362 e. The highest BCUT2D eigenvalue weighted by Crippen LogP contribution is 2.34. The van der Waals surface area contributed by atoms with Gasteiger partial charge in [-0.05, 0) is 63.5 Å². The van der Waals surface area contributed by atoms with Crippen LogP contribution >= 0.6 is 11.6 Å². The SMILES string of the molecule is CN(C)c1nc(NC2CCC(N(C(N)=O)c3cccc(Cl)c3CN)CC2)nc2c1CCCC2. The molecule has 0 atom stereocenters. The van der Waals surface area contributed by atoms with Crippen LogP contribution in [0.5, 0.6) is 0 Å². The smallest absolute Gasteiger partial charge is 0.319 e. The lowest BCUT2D eigenvalue weighted by atomic mass is 9.89. The van der Waals surface area contributed by atoms with E-state index in [0.717, 1.165) is 49.9 Å². The number of aryl methyl sites for hydroxylation is 1. The van der Waals surface area contributed by atoms with Crippen molar-refractivity contribution < 1.29 is 4.79 Å². The molecule has 2 aromatic rings. The van der Waals surface area contributed by atoms with Gasteiger partial charge < -0.3 is 21.7 Å². The minimum absolute atomic E-state index is 0.00565. The number of hydrogen-bond acceptors (Lipinski definition) is 6. The van der Waals surface area contributed by atoms with Gasteiger partial charge >= 0.3 is 6.03 Å². The third kappa shape index (κ3) is 5.01. The summed E-state index contributed by atoms with van der Waals surface area (Å²) in [7, 11) is 4.08. The summed E-state index contributed by atoms with van der Waals surface area (Å²) in [5, 5.41) is 4.12. The van der Waals surface area contributed by atoms with E-state index in [-0.39, 0.29) is 18.6 Å². The molecule has 9 heteroatoms. The number of carbonyl (C=O) groups excluding carboxylic acids is 1. The van der Waals surface area contributed by atoms with Crippen molar-refractivity contribution in [2.45, 2.75) is 70.0 Å². The Morgan fingerprint density at radius 1 is 1.15 bits per heavy atom. The summed E-state index contributed by atoms with van der Waals surface area (Å²) >= 11 is 6.33. The van der Waals surface area contributed by atoms with Crippen molar-refractivity contribution >= 4 is 35.1 Å². The zero-order chi connectivity index (χ0) is 23.5. The van der Waals surface area contributed by atoms with E-state index in [4.69, 9.17) is 33.0 Å². The first-order valence-electron chi connectivity index (χ1n) is 11.8. The maximum atomic E-state index is 12.4. The van der Waals surface area contributed by atoms with E-state index in [1.807, 2.05) is 26.2 Å². The minimum atomic E-state index is -0.475. The number of amides is 2. The molecule has 0 radical (unpaired) electrons. The minimum Gasteiger partial charge on any atom is -0.362 e. The first kappa shape index (κ1) is 23.6. The highest BCUT2D eigenvalue weighted by atomic mass is 35.5. The fourth-order valence-corrected chi connectivity index (χ4v) is 5.39. The second-order valence-corrected chi connectivity index (χ2v) is 9.60. The number of rotatable bonds is 6. The number of nitrogens with one attached hydrogen (secondary N) is 1. The van der Waals surface area contributed by atoms with E-state index in [1.165, 1.54) is 24.1 Å². The number of carbonyl (C=O) groups is 1. The van der Waals surface area contributed by atoms with Gasteiger partial charge in [0.15, 0.2) is 0 Å². The molecule has 0 spiro atoms. The zero-order valence-corrected chi connectivity index (χ0v) is 20.2. The molecule has 1 aromatic heterocycles. The van der Waals surface area contributed by atoms with Crippen molar-refractivity contribution in [2.75, 3.05) is 29.2 Å². The van der Waals surface area contributed by atoms with Crippen LogP contribution in [-0.2, 0) is 19.4 Å². The zero-order valence-electron chi connectivity index (χ0n) is 19.5. The topological polar surface area (TPSA) is 113 Å². The summed E-state index contributed by atoms with van der Waals surface area (Å²) in [6.45, 7) is 0.250. The third-order valence-corrected chi connectivity index (χ3v) is 7.13. The number of anilines is 3. The number of nitrogens with two attached hydrogens (primary N) is 2. The first-order chi connectivity index (χ1) is 15.9. The Hall–Kier alpha value is -2.58. The van der Waals surface area contributed by atoms with Gasteiger partial charge in [0.25, 0.3) is 0 Å². The molecule has 2 aliphatic carbocycles. The summed E-state index contributed by atoms with van der Waals surface area (Å²) in [6, 6.07) is 5.26. The normalized spacial score (nSPS) is 20.1. The number of hydrogen-bond donors (Lipinski definition) is 3. The summed E-state index contributed by atoms with van der Waals surface area (Å²) < 4.78 is 0. The Morgan fingerprint density at radius 2 is 1.88 bits per heavy atom. The van der Waals surface area contributed by atoms with Gasteiger partial charge in [-0.25, -0.2) is 9.78 Å². The van der Waals surface area contributed by atoms with Gasteiger partial charge in [-0.1, -0.05) is 17.7 Å². The first-order valence-corrected chi connectivity index (χ1v) is 12.2. The quantitative estimate of drug-likeness (QED) is 0.589. The van der Waals surface area contributed by atoms with Crippen molar-refractivity contribution in [3.8, 4) is 0 Å². The molecular weight excluding hydrogens is 438 g/mol. The van der Waals surface area contributed by atoms with Crippen LogP contribution in [0.25, 0.3) is 0 Å². The molecule has 2 aliphatic rings. The van der Waals surface area contributed by atoms with Crippen molar-refractivity contribution in [1.29, 1.82) is 0 Å². The number of benzene rings is 1. The van der Waals surface area contributed by atoms with Gasteiger partial charge in [0.1, 0.15) is 5.82 Å². The van der Waals surface area contributed by atoms with Gasteiger partial charge in [-0.3, -0.25) is 4.90 Å². The predicted molar refractivity (Wildman–Crippen MR) is 134 cm³/mol. The third-order valence-electron chi connectivity index (χ3n) is 6.78. The molecule has 0 saturated heterocycles. The molecule has 0 unspecified atom stereocenters. The molecular formula is C24H34ClN7O. The monoisotopic (exact) mass is 471 g/mol. The van der Waals surface area contributed by atoms with Crippen LogP contribution in [0.4, 0.5) is 22.2 Å². The van der Waals surface area contributed by atoms with Gasteiger partial charge in [0, 0.05) is 48.9 Å². The molecule has 1 heterocycles. The standard InChI is InChI=1S/C24H34ClN7O/c1-31(2)22-17-6-3-4-8-20(17)29-24(30-22)28-15-10-12-16(13-11-15)32(23(27)33)21-9-5-7-19(25)18(21)14-26/h5,7,9,15-16H,3-4,6,8,10-14,26H2,1-2H3,(H2,27,33)(H,28,29,30). The molecule has 0 aliphatic heterocycles. The molecule has 2 amide bonds. The van der Waals surface area contributed by atoms with Crippen LogP contribution in [0.1, 0.15) is 55.3 Å². The Labute approximate surface area is 200 Å². The fraction of sp³-hybridized carbons (Fsp3) is 0.542. The van der Waals surface area contributed by atoms with Crippen LogP contribution in [0.2, 0.25) is 5.02 Å². The molecule has 178 valence electrons. The van der Waals surface area contributed by atoms with Crippen LogP contribution in [0, 0.1) is 0 Å². The predicted octanol–water partition coefficient (Wildman–Crippen LogP) is 3.84. The number of nitrogens with zero attached hydrogens (tertiary/aromatic N) is 4. The van der Waals surface area contributed by atoms with Gasteiger partial charge in [-0.2, -0.15) is 4.98 Å². The van der Waals surface area contributed by atoms with Gasteiger partial charge in [0.05, 0.1) is 11.4 Å². The lowest BCUT2D eigenvalue weighted by molar-refractivity contribution is 0.248. The van der Waals surface area contributed by atoms with E-state index in [9.17, 15) is 4.79 Å². The van der Waals surface area contributed by atoms with Crippen LogP contribution in [0.3, 0.4) is 0 Å². The Morgan fingerprint density at radius 3 is 2.55 bits per heavy atom.